The van der Waals surface area contributed by atoms with Crippen molar-refractivity contribution in [3.63, 3.8) is 0 Å². The fourth-order valence-electron chi connectivity index (χ4n) is 4.59. The van der Waals surface area contributed by atoms with E-state index in [1.807, 2.05) is 0 Å². The van der Waals surface area contributed by atoms with Crippen LogP contribution in [0.4, 0.5) is 0 Å². The summed E-state index contributed by atoms with van der Waals surface area (Å²) in [5.41, 5.74) is 0.823. The van der Waals surface area contributed by atoms with Gasteiger partial charge in [0.25, 0.3) is 0 Å². The van der Waals surface area contributed by atoms with Gasteiger partial charge in [-0.05, 0) is 62.2 Å². The molecular weight excluding hydrogens is 254 g/mol. The molecule has 0 amide bonds. The van der Waals surface area contributed by atoms with Gasteiger partial charge < -0.3 is 10.1 Å². The van der Waals surface area contributed by atoms with Gasteiger partial charge in [-0.25, -0.2) is 0 Å². The molecule has 3 rings (SSSR count). The third kappa shape index (κ3) is 2.84. The van der Waals surface area contributed by atoms with Crippen LogP contribution in [0.1, 0.15) is 52.4 Å². The van der Waals surface area contributed by atoms with Crippen LogP contribution in [0, 0.1) is 11.3 Å². The highest BCUT2D eigenvalue weighted by atomic mass is 32.2. The van der Waals surface area contributed by atoms with Crippen molar-refractivity contribution < 1.29 is 4.74 Å². The first-order chi connectivity index (χ1) is 9.16. The van der Waals surface area contributed by atoms with Crippen LogP contribution < -0.4 is 5.32 Å². The Bertz CT molecular complexity index is 316. The number of rotatable bonds is 3. The van der Waals surface area contributed by atoms with Crippen molar-refractivity contribution in [3.05, 3.63) is 0 Å². The summed E-state index contributed by atoms with van der Waals surface area (Å²) in [6.07, 6.45) is 8.09. The van der Waals surface area contributed by atoms with Gasteiger partial charge in [0, 0.05) is 18.4 Å². The molecule has 1 N–H and O–H groups in total. The lowest BCUT2D eigenvalue weighted by Gasteiger charge is -2.45. The number of hydrogen-bond acceptors (Lipinski definition) is 3. The lowest BCUT2D eigenvalue weighted by molar-refractivity contribution is -0.102. The third-order valence-corrected chi connectivity index (χ3v) is 7.04. The van der Waals surface area contributed by atoms with Gasteiger partial charge in [0.05, 0.1) is 5.60 Å². The molecule has 4 atom stereocenters. The summed E-state index contributed by atoms with van der Waals surface area (Å²) >= 11 is 2.09. The van der Waals surface area contributed by atoms with Gasteiger partial charge in [-0.1, -0.05) is 13.8 Å². The summed E-state index contributed by atoms with van der Waals surface area (Å²) in [7, 11) is 0. The number of thioether (sulfide) groups is 1. The first kappa shape index (κ1) is 14.2. The van der Waals surface area contributed by atoms with Crippen LogP contribution in [0.3, 0.4) is 0 Å². The van der Waals surface area contributed by atoms with E-state index in [1.165, 1.54) is 50.0 Å². The Labute approximate surface area is 122 Å². The summed E-state index contributed by atoms with van der Waals surface area (Å²) in [5.74, 6) is 3.45. The topological polar surface area (TPSA) is 21.3 Å². The van der Waals surface area contributed by atoms with Crippen LogP contribution in [-0.4, -0.2) is 36.3 Å². The minimum Gasteiger partial charge on any atom is -0.374 e. The maximum atomic E-state index is 6.20. The molecule has 3 aliphatic rings. The molecule has 2 nitrogen and oxygen atoms in total. The molecule has 4 unspecified atom stereocenters. The second-order valence-electron chi connectivity index (χ2n) is 7.18. The van der Waals surface area contributed by atoms with E-state index >= 15 is 0 Å². The molecule has 2 aliphatic heterocycles. The van der Waals surface area contributed by atoms with Crippen molar-refractivity contribution >= 4 is 11.8 Å². The van der Waals surface area contributed by atoms with E-state index in [0.29, 0.717) is 5.41 Å². The minimum absolute atomic E-state index is 0.257. The Morgan fingerprint density at radius 3 is 2.89 bits per heavy atom. The maximum absolute atomic E-state index is 6.20. The van der Waals surface area contributed by atoms with Gasteiger partial charge in [-0.3, -0.25) is 0 Å². The Morgan fingerprint density at radius 2 is 2.16 bits per heavy atom. The van der Waals surface area contributed by atoms with Gasteiger partial charge in [0.1, 0.15) is 0 Å². The molecule has 19 heavy (non-hydrogen) atoms. The first-order valence-electron chi connectivity index (χ1n) is 8.11. The lowest BCUT2D eigenvalue weighted by atomic mass is 9.68. The summed E-state index contributed by atoms with van der Waals surface area (Å²) in [6.45, 7) is 6.91. The SMILES string of the molecule is CCNC1CCC(C)(C2CCOC3(CCSC3)C2)C1. The van der Waals surface area contributed by atoms with Gasteiger partial charge in [0.2, 0.25) is 0 Å². The summed E-state index contributed by atoms with van der Waals surface area (Å²) in [5, 5.41) is 3.66. The van der Waals surface area contributed by atoms with Crippen molar-refractivity contribution in [1.29, 1.82) is 0 Å². The second-order valence-corrected chi connectivity index (χ2v) is 8.28. The van der Waals surface area contributed by atoms with Crippen molar-refractivity contribution in [2.75, 3.05) is 24.7 Å². The molecule has 110 valence electrons. The Balaban J connectivity index is 1.65. The Hall–Kier alpha value is 0.270. The normalized spacial score (nSPS) is 47.1. The van der Waals surface area contributed by atoms with Crippen LogP contribution in [0.5, 0.6) is 0 Å². The van der Waals surface area contributed by atoms with E-state index in [0.717, 1.165) is 25.1 Å². The summed E-state index contributed by atoms with van der Waals surface area (Å²) < 4.78 is 6.20. The minimum atomic E-state index is 0.257. The summed E-state index contributed by atoms with van der Waals surface area (Å²) in [6, 6.07) is 0.770. The molecular formula is C16H29NOS. The smallest absolute Gasteiger partial charge is 0.0783 e. The largest absolute Gasteiger partial charge is 0.374 e. The monoisotopic (exact) mass is 283 g/mol. The fraction of sp³-hybridized carbons (Fsp3) is 1.00. The molecule has 0 bridgehead atoms. The van der Waals surface area contributed by atoms with E-state index in [4.69, 9.17) is 4.74 Å². The number of ether oxygens (including phenoxy) is 1. The molecule has 1 spiro atoms. The second kappa shape index (κ2) is 5.57. The highest BCUT2D eigenvalue weighted by Crippen LogP contribution is 2.52. The molecule has 2 heterocycles. The van der Waals surface area contributed by atoms with E-state index in [2.05, 4.69) is 30.9 Å². The maximum Gasteiger partial charge on any atom is 0.0783 e. The van der Waals surface area contributed by atoms with Crippen LogP contribution in [-0.2, 0) is 4.74 Å². The van der Waals surface area contributed by atoms with Crippen molar-refractivity contribution in [2.24, 2.45) is 11.3 Å². The third-order valence-electron chi connectivity index (χ3n) is 5.82. The van der Waals surface area contributed by atoms with Gasteiger partial charge >= 0.3 is 0 Å². The molecule has 0 aromatic heterocycles. The van der Waals surface area contributed by atoms with Gasteiger partial charge in [-0.15, -0.1) is 0 Å². The van der Waals surface area contributed by atoms with Crippen molar-refractivity contribution in [1.82, 2.24) is 5.32 Å². The highest BCUT2D eigenvalue weighted by Gasteiger charge is 2.48. The molecule has 0 aromatic carbocycles. The van der Waals surface area contributed by atoms with Crippen LogP contribution >= 0.6 is 11.8 Å². The van der Waals surface area contributed by atoms with E-state index in [-0.39, 0.29) is 5.60 Å². The molecule has 3 fully saturated rings. The average molecular weight is 283 g/mol. The van der Waals surface area contributed by atoms with E-state index in [1.54, 1.807) is 0 Å². The fourth-order valence-corrected chi connectivity index (χ4v) is 5.97. The average Bonchev–Trinajstić information content (AvgIpc) is 2.99. The standard InChI is InChI=1S/C16H29NOS/c1-3-17-14-4-6-15(2,11-14)13-5-8-18-16(10-13)7-9-19-12-16/h13-14,17H,3-12H2,1-2H3. The molecule has 3 heteroatoms. The highest BCUT2D eigenvalue weighted by molar-refractivity contribution is 7.99. The lowest BCUT2D eigenvalue weighted by Crippen LogP contribution is -2.44. The molecule has 1 aliphatic carbocycles. The molecule has 2 saturated heterocycles. The number of nitrogens with one attached hydrogen (secondary N) is 1. The van der Waals surface area contributed by atoms with Crippen molar-refractivity contribution in [2.45, 2.75) is 64.0 Å². The molecule has 0 aromatic rings. The zero-order valence-electron chi connectivity index (χ0n) is 12.5. The quantitative estimate of drug-likeness (QED) is 0.857. The van der Waals surface area contributed by atoms with Gasteiger partial charge in [-0.2, -0.15) is 11.8 Å². The predicted octanol–water partition coefficient (Wildman–Crippen LogP) is 3.46. The van der Waals surface area contributed by atoms with Crippen LogP contribution in [0.25, 0.3) is 0 Å². The first-order valence-corrected chi connectivity index (χ1v) is 9.26. The zero-order chi connectivity index (χ0) is 13.3. The Kier molecular flexibility index (Phi) is 4.17. The zero-order valence-corrected chi connectivity index (χ0v) is 13.4. The van der Waals surface area contributed by atoms with E-state index < -0.39 is 0 Å². The molecule has 1 saturated carbocycles. The van der Waals surface area contributed by atoms with Crippen LogP contribution in [0.15, 0.2) is 0 Å². The summed E-state index contributed by atoms with van der Waals surface area (Å²) in [4.78, 5) is 0. The van der Waals surface area contributed by atoms with Gasteiger partial charge in [0.15, 0.2) is 0 Å². The van der Waals surface area contributed by atoms with Crippen molar-refractivity contribution in [3.8, 4) is 0 Å². The van der Waals surface area contributed by atoms with E-state index in [9.17, 15) is 0 Å². The molecule has 0 radical (unpaired) electrons. The Morgan fingerprint density at radius 1 is 1.26 bits per heavy atom. The van der Waals surface area contributed by atoms with Crippen LogP contribution in [0.2, 0.25) is 0 Å². The predicted molar refractivity (Wildman–Crippen MR) is 82.8 cm³/mol. The number of hydrogen-bond donors (Lipinski definition) is 1.